The molecule has 4 amide bonds. The third kappa shape index (κ3) is 2.47. The van der Waals surface area contributed by atoms with Crippen LogP contribution < -0.4 is 10.7 Å². The van der Waals surface area contributed by atoms with Crippen LogP contribution in [0.3, 0.4) is 0 Å². The van der Waals surface area contributed by atoms with Gasteiger partial charge in [-0.25, -0.2) is 9.80 Å². The first-order valence-corrected chi connectivity index (χ1v) is 6.30. The average molecular weight is 265 g/mol. The lowest BCUT2D eigenvalue weighted by atomic mass is 10.1. The van der Waals surface area contributed by atoms with Crippen molar-refractivity contribution >= 4 is 17.8 Å². The summed E-state index contributed by atoms with van der Waals surface area (Å²) in [7, 11) is 0. The molecule has 2 N–H and O–H groups in total. The minimum atomic E-state index is -0.574. The van der Waals surface area contributed by atoms with Crippen LogP contribution in [0.5, 0.6) is 0 Å². The Kier molecular flexibility index (Phi) is 3.12. The van der Waals surface area contributed by atoms with Crippen LogP contribution in [0.25, 0.3) is 0 Å². The van der Waals surface area contributed by atoms with Crippen molar-refractivity contribution < 1.29 is 14.4 Å². The maximum atomic E-state index is 12.1. The van der Waals surface area contributed by atoms with Crippen molar-refractivity contribution in [3.63, 3.8) is 0 Å². The summed E-state index contributed by atoms with van der Waals surface area (Å²) in [6.07, 6.45) is 2.08. The van der Waals surface area contributed by atoms with E-state index in [9.17, 15) is 14.4 Å². The number of nitrogens with one attached hydrogen (secondary N) is 2. The number of imide groups is 1. The van der Waals surface area contributed by atoms with Crippen LogP contribution in [0.1, 0.15) is 27.7 Å². The van der Waals surface area contributed by atoms with Gasteiger partial charge >= 0.3 is 6.03 Å². The Morgan fingerprint density at radius 3 is 2.53 bits per heavy atom. The summed E-state index contributed by atoms with van der Waals surface area (Å²) < 4.78 is 0. The molecule has 1 aliphatic carbocycles. The number of hydrogen-bond acceptors (Lipinski definition) is 3. The summed E-state index contributed by atoms with van der Waals surface area (Å²) in [4.78, 5) is 34.5. The van der Waals surface area contributed by atoms with Gasteiger partial charge in [0.2, 0.25) is 11.8 Å². The topological polar surface area (TPSA) is 78.5 Å². The van der Waals surface area contributed by atoms with Gasteiger partial charge in [-0.2, -0.15) is 0 Å². The van der Waals surface area contributed by atoms with E-state index in [1.165, 1.54) is 5.57 Å². The van der Waals surface area contributed by atoms with Crippen molar-refractivity contribution in [2.75, 3.05) is 6.54 Å². The van der Waals surface area contributed by atoms with Crippen LogP contribution in [0.15, 0.2) is 11.6 Å². The molecule has 1 saturated heterocycles. The van der Waals surface area contributed by atoms with Crippen LogP contribution in [0.2, 0.25) is 0 Å². The molecule has 1 saturated carbocycles. The fourth-order valence-corrected chi connectivity index (χ4v) is 2.58. The number of hydrogen-bond donors (Lipinski definition) is 2. The molecule has 1 aliphatic heterocycles. The SMILES string of the molecule is CC(C)=C[C@@H]1[C@H](C(=O)NN2CC(=O)NC2=O)C1(C)C. The molecule has 0 aromatic heterocycles. The Morgan fingerprint density at radius 2 is 2.05 bits per heavy atom. The summed E-state index contributed by atoms with van der Waals surface area (Å²) in [5, 5.41) is 3.14. The van der Waals surface area contributed by atoms with Gasteiger partial charge in [0.15, 0.2) is 0 Å². The summed E-state index contributed by atoms with van der Waals surface area (Å²) in [6.45, 7) is 7.92. The summed E-state index contributed by atoms with van der Waals surface area (Å²) in [5.41, 5.74) is 3.57. The molecule has 0 bridgehead atoms. The van der Waals surface area contributed by atoms with Gasteiger partial charge in [0.1, 0.15) is 6.54 Å². The van der Waals surface area contributed by atoms with Crippen LogP contribution >= 0.6 is 0 Å². The molecule has 2 fully saturated rings. The first-order valence-electron chi connectivity index (χ1n) is 6.30. The molecule has 0 unspecified atom stereocenters. The summed E-state index contributed by atoms with van der Waals surface area (Å²) in [6, 6.07) is -0.574. The zero-order valence-electron chi connectivity index (χ0n) is 11.6. The van der Waals surface area contributed by atoms with E-state index in [0.29, 0.717) is 0 Å². The first-order chi connectivity index (χ1) is 8.73. The Bertz CT molecular complexity index is 478. The lowest BCUT2D eigenvalue weighted by Gasteiger charge is -2.14. The Labute approximate surface area is 112 Å². The zero-order chi connectivity index (χ0) is 14.4. The number of carbonyl (C=O) groups is 3. The van der Waals surface area contributed by atoms with Crippen LogP contribution in [0, 0.1) is 17.3 Å². The van der Waals surface area contributed by atoms with Gasteiger partial charge in [-0.1, -0.05) is 25.5 Å². The standard InChI is InChI=1S/C13H19N3O3/c1-7(2)5-8-10(13(8,3)4)11(18)15-16-6-9(17)14-12(16)19/h5,8,10H,6H2,1-4H3,(H,15,18)(H,14,17,19)/t8-,10-/m1/s1. The minimum absolute atomic E-state index is 0.110. The van der Waals surface area contributed by atoms with E-state index in [1.807, 2.05) is 27.7 Å². The predicted molar refractivity (Wildman–Crippen MR) is 68.6 cm³/mol. The first kappa shape index (κ1) is 13.6. The van der Waals surface area contributed by atoms with Crippen molar-refractivity contribution in [1.82, 2.24) is 15.8 Å². The van der Waals surface area contributed by atoms with Gasteiger partial charge in [0, 0.05) is 0 Å². The molecule has 2 aliphatic rings. The summed E-state index contributed by atoms with van der Waals surface area (Å²) >= 11 is 0. The van der Waals surface area contributed by atoms with Gasteiger partial charge in [-0.15, -0.1) is 0 Å². The van der Waals surface area contributed by atoms with Gasteiger partial charge in [-0.3, -0.25) is 20.3 Å². The maximum Gasteiger partial charge on any atom is 0.343 e. The highest BCUT2D eigenvalue weighted by Gasteiger charge is 2.60. The smallest absolute Gasteiger partial charge is 0.275 e. The van der Waals surface area contributed by atoms with Crippen molar-refractivity contribution in [3.05, 3.63) is 11.6 Å². The van der Waals surface area contributed by atoms with Crippen molar-refractivity contribution in [1.29, 1.82) is 0 Å². The van der Waals surface area contributed by atoms with E-state index >= 15 is 0 Å². The number of allylic oxidation sites excluding steroid dienone is 2. The molecule has 0 spiro atoms. The third-order valence-electron chi connectivity index (χ3n) is 3.74. The van der Waals surface area contributed by atoms with E-state index in [1.54, 1.807) is 0 Å². The van der Waals surface area contributed by atoms with Crippen LogP contribution in [0.4, 0.5) is 4.79 Å². The molecule has 2 atom stereocenters. The van der Waals surface area contributed by atoms with E-state index in [-0.39, 0.29) is 29.7 Å². The van der Waals surface area contributed by atoms with Crippen molar-refractivity contribution in [2.24, 2.45) is 17.3 Å². The second-order valence-electron chi connectivity index (χ2n) is 5.98. The van der Waals surface area contributed by atoms with E-state index in [4.69, 9.17) is 0 Å². The number of rotatable bonds is 3. The van der Waals surface area contributed by atoms with Gasteiger partial charge < -0.3 is 0 Å². The highest BCUT2D eigenvalue weighted by atomic mass is 16.2. The molecule has 0 aromatic carbocycles. The molecule has 0 aromatic rings. The van der Waals surface area contributed by atoms with Gasteiger partial charge in [-0.05, 0) is 25.2 Å². The Hall–Kier alpha value is -1.85. The number of urea groups is 1. The van der Waals surface area contributed by atoms with Crippen molar-refractivity contribution in [3.8, 4) is 0 Å². The molecule has 2 rings (SSSR count). The lowest BCUT2D eigenvalue weighted by Crippen LogP contribution is -2.45. The number of hydrazine groups is 1. The maximum absolute atomic E-state index is 12.1. The largest absolute Gasteiger partial charge is 0.343 e. The van der Waals surface area contributed by atoms with Gasteiger partial charge in [0.25, 0.3) is 0 Å². The number of amides is 4. The zero-order valence-corrected chi connectivity index (χ0v) is 11.6. The molecule has 0 radical (unpaired) electrons. The van der Waals surface area contributed by atoms with Crippen LogP contribution in [-0.4, -0.2) is 29.4 Å². The molecule has 6 heteroatoms. The molecular weight excluding hydrogens is 246 g/mol. The Morgan fingerprint density at radius 1 is 1.42 bits per heavy atom. The van der Waals surface area contributed by atoms with Gasteiger partial charge in [0.05, 0.1) is 5.92 Å². The fourth-order valence-electron chi connectivity index (χ4n) is 2.58. The predicted octanol–water partition coefficient (Wildman–Crippen LogP) is 0.808. The third-order valence-corrected chi connectivity index (χ3v) is 3.74. The van der Waals surface area contributed by atoms with Crippen molar-refractivity contribution in [2.45, 2.75) is 27.7 Å². The quantitative estimate of drug-likeness (QED) is 0.585. The van der Waals surface area contributed by atoms with E-state index < -0.39 is 11.9 Å². The highest BCUT2D eigenvalue weighted by Crippen LogP contribution is 2.59. The van der Waals surface area contributed by atoms with Crippen LogP contribution in [-0.2, 0) is 9.59 Å². The number of carbonyl (C=O) groups excluding carboxylic acids is 3. The fraction of sp³-hybridized carbons (Fsp3) is 0.615. The molecule has 104 valence electrons. The molecule has 19 heavy (non-hydrogen) atoms. The second-order valence-corrected chi connectivity index (χ2v) is 5.98. The average Bonchev–Trinajstić information content (AvgIpc) is 2.60. The number of nitrogens with zero attached hydrogens (tertiary/aromatic N) is 1. The van der Waals surface area contributed by atoms with E-state index in [0.717, 1.165) is 5.01 Å². The molecule has 6 nitrogen and oxygen atoms in total. The normalized spacial score (nSPS) is 27.9. The second kappa shape index (κ2) is 4.36. The lowest BCUT2D eigenvalue weighted by molar-refractivity contribution is -0.127. The molecular formula is C13H19N3O3. The highest BCUT2D eigenvalue weighted by molar-refractivity contribution is 6.02. The van der Waals surface area contributed by atoms with E-state index in [2.05, 4.69) is 16.8 Å². The molecule has 1 heterocycles. The monoisotopic (exact) mass is 265 g/mol. The minimum Gasteiger partial charge on any atom is -0.275 e. The Balaban J connectivity index is 2.00. The summed E-state index contributed by atoms with van der Waals surface area (Å²) in [5.74, 6) is -0.594.